The summed E-state index contributed by atoms with van der Waals surface area (Å²) < 4.78 is 0. The first-order valence-electron chi connectivity index (χ1n) is 30.4. The van der Waals surface area contributed by atoms with Gasteiger partial charge in [-0.05, 0) is 194 Å². The monoisotopic (exact) mass is 1050 g/mol. The Labute approximate surface area is 481 Å². The van der Waals surface area contributed by atoms with Gasteiger partial charge < -0.3 is 0 Å². The van der Waals surface area contributed by atoms with E-state index in [1.807, 2.05) is 0 Å². The Morgan fingerprint density at radius 2 is 1.20 bits per heavy atom. The summed E-state index contributed by atoms with van der Waals surface area (Å²) in [7, 11) is 0. The molecule has 0 spiro atoms. The number of allylic oxidation sites excluding steroid dienone is 18. The van der Waals surface area contributed by atoms with Crippen molar-refractivity contribution in [2.75, 3.05) is 0 Å². The molecule has 0 heterocycles. The van der Waals surface area contributed by atoms with Crippen LogP contribution in [0, 0.1) is 34.5 Å². The molecule has 0 N–H and O–H groups in total. The van der Waals surface area contributed by atoms with E-state index in [0.29, 0.717) is 17.8 Å². The molecule has 6 aromatic carbocycles. The zero-order valence-corrected chi connectivity index (χ0v) is 49.2. The molecular formula is C81H74. The molecule has 0 aliphatic heterocycles. The van der Waals surface area contributed by atoms with Gasteiger partial charge in [-0.15, -0.1) is 5.73 Å². The summed E-state index contributed by atoms with van der Waals surface area (Å²) in [6, 6.07) is 44.9. The number of hydrogen-bond acceptors (Lipinski definition) is 0. The van der Waals surface area contributed by atoms with Crippen LogP contribution in [0.2, 0.25) is 0 Å². The van der Waals surface area contributed by atoms with Crippen LogP contribution in [0.25, 0.3) is 50.1 Å². The molecule has 0 nitrogen and oxygen atoms in total. The summed E-state index contributed by atoms with van der Waals surface area (Å²) in [4.78, 5) is 0. The minimum absolute atomic E-state index is 0.0126. The first-order chi connectivity index (χ1) is 38.8. The molecule has 16 rings (SSSR count). The van der Waals surface area contributed by atoms with Crippen molar-refractivity contribution in [1.29, 1.82) is 0 Å². The average molecular weight is 1050 g/mol. The molecule has 10 aliphatic carbocycles. The quantitative estimate of drug-likeness (QED) is 0.122. The minimum atomic E-state index is -0.142. The van der Waals surface area contributed by atoms with Crippen molar-refractivity contribution in [2.45, 2.75) is 117 Å². The second-order valence-electron chi connectivity index (χ2n) is 28.4. The predicted octanol–water partition coefficient (Wildman–Crippen LogP) is 20.3. The maximum atomic E-state index is 5.27. The van der Waals surface area contributed by atoms with Crippen LogP contribution in [-0.2, 0) is 29.1 Å². The highest BCUT2D eigenvalue weighted by atomic mass is 14.6. The van der Waals surface area contributed by atoms with Gasteiger partial charge in [-0.3, -0.25) is 0 Å². The Morgan fingerprint density at radius 1 is 0.568 bits per heavy atom. The van der Waals surface area contributed by atoms with Gasteiger partial charge in [-0.25, -0.2) is 0 Å². The lowest BCUT2D eigenvalue weighted by molar-refractivity contribution is 0.389. The van der Waals surface area contributed by atoms with E-state index < -0.39 is 0 Å². The summed E-state index contributed by atoms with van der Waals surface area (Å²) in [5.41, 5.74) is 41.0. The Hall–Kier alpha value is -7.50. The lowest BCUT2D eigenvalue weighted by atomic mass is 9.57. The average Bonchev–Trinajstić information content (AvgIpc) is 3.43. The van der Waals surface area contributed by atoms with Gasteiger partial charge in [0.15, 0.2) is 0 Å². The fourth-order valence-corrected chi connectivity index (χ4v) is 18.5. The molecule has 81 heavy (non-hydrogen) atoms. The molecule has 10 aliphatic rings. The molecule has 0 saturated heterocycles. The van der Waals surface area contributed by atoms with Crippen LogP contribution in [0.5, 0.6) is 0 Å². The summed E-state index contributed by atoms with van der Waals surface area (Å²) in [5, 5.41) is 0. The van der Waals surface area contributed by atoms with E-state index in [-0.39, 0.29) is 38.9 Å². The molecule has 6 aromatic rings. The second-order valence-corrected chi connectivity index (χ2v) is 28.4. The number of benzene rings is 6. The van der Waals surface area contributed by atoms with E-state index in [2.05, 4.69) is 245 Å². The molecular weight excluding hydrogens is 973 g/mol. The number of rotatable bonds is 4. The first-order valence-corrected chi connectivity index (χ1v) is 30.4. The van der Waals surface area contributed by atoms with Gasteiger partial charge in [-0.1, -0.05) is 234 Å². The molecule has 1 fully saturated rings. The third kappa shape index (κ3) is 6.39. The normalized spacial score (nSPS) is 27.1. The van der Waals surface area contributed by atoms with Crippen molar-refractivity contribution >= 4 is 16.7 Å². The van der Waals surface area contributed by atoms with Crippen molar-refractivity contribution in [3.05, 3.63) is 283 Å². The maximum Gasteiger partial charge on any atom is 0.0180 e. The highest BCUT2D eigenvalue weighted by molar-refractivity contribution is 6.04. The van der Waals surface area contributed by atoms with Gasteiger partial charge in [0, 0.05) is 51.4 Å². The van der Waals surface area contributed by atoms with E-state index >= 15 is 0 Å². The smallest absolute Gasteiger partial charge is 0.0180 e. The highest BCUT2D eigenvalue weighted by Crippen LogP contribution is 2.67. The molecule has 6 unspecified atom stereocenters. The Bertz CT molecular complexity index is 4280. The zero-order chi connectivity index (χ0) is 55.6. The van der Waals surface area contributed by atoms with Crippen molar-refractivity contribution in [3.8, 4) is 33.4 Å². The topological polar surface area (TPSA) is 0 Å². The van der Waals surface area contributed by atoms with Crippen molar-refractivity contribution in [1.82, 2.24) is 0 Å². The van der Waals surface area contributed by atoms with Gasteiger partial charge in [0.1, 0.15) is 0 Å². The Balaban J connectivity index is 0.961. The Kier molecular flexibility index (Phi) is 9.96. The zero-order valence-electron chi connectivity index (χ0n) is 49.2. The first kappa shape index (κ1) is 49.3. The number of fused-ring (bicyclic) bond motifs is 12. The Morgan fingerprint density at radius 3 is 1.90 bits per heavy atom. The van der Waals surface area contributed by atoms with Crippen LogP contribution in [0.15, 0.2) is 222 Å². The van der Waals surface area contributed by atoms with Crippen LogP contribution >= 0.6 is 0 Å². The van der Waals surface area contributed by atoms with Crippen LogP contribution < -0.4 is 0 Å². The molecule has 0 heteroatoms. The standard InChI is InChI=1S/C81H74/c1-13-47-38-63-58(48-27-30-55-52-20-14-17-23-64(52)77(4,5)68(55)39-48)43-59(51-34-35-81(12)67-33-26-45(2)36-71(67)80(10,11)72(81)42-51)62-37-46(3)73-60(49-28-31-56-53-21-15-18-24-65(53)78(6,7)69(56)40-49)44-61(74(47)76(73)75(62)63)50-29-32-57-54-22-16-19-25-66(54)79(8,9)70(57)41-50/h14-25,27-34,36,39-45,56,60,69,73H,1,3,26,35,37-38H2,2,4-12H3. The SMILES string of the molecule is C=C=C1Cc2c(-c3ccc4c(c3)C(C)(C)c3ccccc3-4)cc(C3=CCC4(C)C5=CCC(C)C=C5C(C)(C)C4=C3)c3c2C2=C1C(c1ccc4c(c1)C(C)(C)c1ccccc1-4)=CC(C1=CC4C(C=C1)c1ccccc1C4(C)C)C2C(=C)C3. The van der Waals surface area contributed by atoms with Crippen LogP contribution in [-0.4, -0.2) is 0 Å². The molecule has 0 amide bonds. The van der Waals surface area contributed by atoms with Crippen molar-refractivity contribution < 1.29 is 0 Å². The second kappa shape index (κ2) is 16.4. The largest absolute Gasteiger partial charge is 0.124 e. The van der Waals surface area contributed by atoms with Crippen molar-refractivity contribution in [2.24, 2.45) is 34.5 Å². The summed E-state index contributed by atoms with van der Waals surface area (Å²) in [6.45, 7) is 34.5. The maximum absolute atomic E-state index is 5.27. The summed E-state index contributed by atoms with van der Waals surface area (Å²) >= 11 is 0. The lowest BCUT2D eigenvalue weighted by Gasteiger charge is -2.46. The predicted molar refractivity (Wildman–Crippen MR) is 340 cm³/mol. The van der Waals surface area contributed by atoms with E-state index in [9.17, 15) is 0 Å². The van der Waals surface area contributed by atoms with Crippen LogP contribution in [0.1, 0.15) is 149 Å². The molecule has 6 atom stereocenters. The van der Waals surface area contributed by atoms with E-state index in [1.54, 1.807) is 16.7 Å². The van der Waals surface area contributed by atoms with Crippen molar-refractivity contribution in [3.63, 3.8) is 0 Å². The minimum Gasteiger partial charge on any atom is -0.124 e. The van der Waals surface area contributed by atoms with Gasteiger partial charge >= 0.3 is 0 Å². The molecule has 0 radical (unpaired) electrons. The molecule has 0 bridgehead atoms. The van der Waals surface area contributed by atoms with E-state index in [0.717, 1.165) is 25.7 Å². The fourth-order valence-electron chi connectivity index (χ4n) is 18.5. The van der Waals surface area contributed by atoms with Crippen LogP contribution in [0.3, 0.4) is 0 Å². The lowest BCUT2D eigenvalue weighted by Crippen LogP contribution is -2.33. The van der Waals surface area contributed by atoms with Gasteiger partial charge in [0.2, 0.25) is 0 Å². The fraction of sp³-hybridized carbons (Fsp3) is 0.296. The third-order valence-electron chi connectivity index (χ3n) is 22.7. The van der Waals surface area contributed by atoms with E-state index in [1.165, 1.54) is 134 Å². The molecule has 0 aromatic heterocycles. The van der Waals surface area contributed by atoms with Gasteiger partial charge in [-0.2, -0.15) is 0 Å². The van der Waals surface area contributed by atoms with Gasteiger partial charge in [0.25, 0.3) is 0 Å². The third-order valence-corrected chi connectivity index (χ3v) is 22.7. The molecule has 398 valence electrons. The summed E-state index contributed by atoms with van der Waals surface area (Å²) in [5.74, 6) is 1.38. The molecule has 1 saturated carbocycles. The number of hydrogen-bond donors (Lipinski definition) is 0. The van der Waals surface area contributed by atoms with Gasteiger partial charge in [0.05, 0.1) is 0 Å². The van der Waals surface area contributed by atoms with Crippen LogP contribution in [0.4, 0.5) is 0 Å². The summed E-state index contributed by atoms with van der Waals surface area (Å²) in [6.07, 6.45) is 24.7. The highest BCUT2D eigenvalue weighted by Gasteiger charge is 2.54. The van der Waals surface area contributed by atoms with E-state index in [4.69, 9.17) is 6.58 Å².